The Morgan fingerprint density at radius 2 is 1.92 bits per heavy atom. The van der Waals surface area contributed by atoms with E-state index in [2.05, 4.69) is 5.32 Å². The van der Waals surface area contributed by atoms with Gasteiger partial charge in [-0.25, -0.2) is 4.79 Å². The Labute approximate surface area is 78.3 Å². The third kappa shape index (κ3) is 3.44. The fourth-order valence-corrected chi connectivity index (χ4v) is 1.38. The first-order valence-corrected chi connectivity index (χ1v) is 4.72. The average molecular weight is 184 g/mol. The van der Waals surface area contributed by atoms with Crippen LogP contribution in [0.3, 0.4) is 0 Å². The number of hydrogen-bond acceptors (Lipinski definition) is 2. The molecule has 0 atom stereocenters. The van der Waals surface area contributed by atoms with Gasteiger partial charge in [0.1, 0.15) is 5.78 Å². The minimum Gasteiger partial charge on any atom is -0.338 e. The van der Waals surface area contributed by atoms with Crippen LogP contribution in [0.1, 0.15) is 26.2 Å². The zero-order valence-electron chi connectivity index (χ0n) is 8.01. The zero-order chi connectivity index (χ0) is 9.68. The van der Waals surface area contributed by atoms with Crippen molar-refractivity contribution in [1.29, 1.82) is 0 Å². The van der Waals surface area contributed by atoms with Gasteiger partial charge in [-0.1, -0.05) is 0 Å². The van der Waals surface area contributed by atoms with Gasteiger partial charge in [0.25, 0.3) is 0 Å². The normalized spacial score (nSPS) is 15.9. The summed E-state index contributed by atoms with van der Waals surface area (Å²) in [6, 6.07) is -0.0289. The summed E-state index contributed by atoms with van der Waals surface area (Å²) in [5, 5.41) is 2.72. The molecule has 4 heteroatoms. The Hall–Kier alpha value is -1.06. The highest BCUT2D eigenvalue weighted by Gasteiger charge is 2.16. The second-order valence-electron chi connectivity index (χ2n) is 3.38. The zero-order valence-corrected chi connectivity index (χ0v) is 8.01. The van der Waals surface area contributed by atoms with Gasteiger partial charge in [-0.2, -0.15) is 0 Å². The Morgan fingerprint density at radius 3 is 2.46 bits per heavy atom. The molecule has 0 aromatic heterocycles. The molecule has 74 valence electrons. The first-order chi connectivity index (χ1) is 6.20. The van der Waals surface area contributed by atoms with Gasteiger partial charge >= 0.3 is 6.03 Å². The number of urea groups is 1. The van der Waals surface area contributed by atoms with Crippen molar-refractivity contribution in [3.05, 3.63) is 0 Å². The number of amides is 2. The van der Waals surface area contributed by atoms with Crippen molar-refractivity contribution in [2.75, 3.05) is 19.6 Å². The number of rotatable bonds is 3. The van der Waals surface area contributed by atoms with E-state index in [1.165, 1.54) is 6.92 Å². The number of carbonyl (C=O) groups excluding carboxylic acids is 2. The molecule has 1 heterocycles. The molecule has 13 heavy (non-hydrogen) atoms. The number of ketones is 1. The first kappa shape index (κ1) is 10.0. The van der Waals surface area contributed by atoms with E-state index in [-0.39, 0.29) is 11.8 Å². The quantitative estimate of drug-likeness (QED) is 0.704. The topological polar surface area (TPSA) is 49.4 Å². The molecule has 2 amide bonds. The van der Waals surface area contributed by atoms with E-state index in [1.807, 2.05) is 0 Å². The molecule has 1 aliphatic heterocycles. The summed E-state index contributed by atoms with van der Waals surface area (Å²) in [6.45, 7) is 3.70. The van der Waals surface area contributed by atoms with E-state index in [0.717, 1.165) is 25.9 Å². The van der Waals surface area contributed by atoms with Crippen LogP contribution in [-0.2, 0) is 4.79 Å². The summed E-state index contributed by atoms with van der Waals surface area (Å²) in [6.07, 6.45) is 2.62. The van der Waals surface area contributed by atoms with Crippen molar-refractivity contribution in [2.24, 2.45) is 0 Å². The number of hydrogen-bond donors (Lipinski definition) is 1. The third-order valence-electron chi connectivity index (χ3n) is 2.15. The van der Waals surface area contributed by atoms with Crippen molar-refractivity contribution in [3.8, 4) is 0 Å². The van der Waals surface area contributed by atoms with Gasteiger partial charge < -0.3 is 10.2 Å². The Kier molecular flexibility index (Phi) is 3.73. The van der Waals surface area contributed by atoms with Crippen molar-refractivity contribution in [1.82, 2.24) is 10.2 Å². The Bertz CT molecular complexity index is 198. The van der Waals surface area contributed by atoms with E-state index >= 15 is 0 Å². The van der Waals surface area contributed by atoms with E-state index in [4.69, 9.17) is 0 Å². The Balaban J connectivity index is 2.13. The Morgan fingerprint density at radius 1 is 1.31 bits per heavy atom. The molecule has 1 N–H and O–H groups in total. The lowest BCUT2D eigenvalue weighted by Gasteiger charge is -2.15. The highest BCUT2D eigenvalue weighted by Crippen LogP contribution is 2.06. The molecule has 0 saturated carbocycles. The lowest BCUT2D eigenvalue weighted by atomic mass is 10.3. The summed E-state index contributed by atoms with van der Waals surface area (Å²) in [4.78, 5) is 23.7. The summed E-state index contributed by atoms with van der Waals surface area (Å²) < 4.78 is 0. The van der Waals surface area contributed by atoms with Crippen LogP contribution in [-0.4, -0.2) is 36.3 Å². The van der Waals surface area contributed by atoms with Crippen molar-refractivity contribution in [3.63, 3.8) is 0 Å². The van der Waals surface area contributed by atoms with Gasteiger partial charge in [-0.05, 0) is 19.8 Å². The van der Waals surface area contributed by atoms with Gasteiger partial charge in [-0.15, -0.1) is 0 Å². The van der Waals surface area contributed by atoms with Crippen LogP contribution < -0.4 is 5.32 Å². The first-order valence-electron chi connectivity index (χ1n) is 4.72. The molecule has 0 aromatic carbocycles. The van der Waals surface area contributed by atoms with E-state index in [9.17, 15) is 9.59 Å². The maximum absolute atomic E-state index is 11.3. The smallest absolute Gasteiger partial charge is 0.317 e. The third-order valence-corrected chi connectivity index (χ3v) is 2.15. The van der Waals surface area contributed by atoms with Crippen LogP contribution in [0.15, 0.2) is 0 Å². The molecular formula is C9H16N2O2. The van der Waals surface area contributed by atoms with E-state index in [0.29, 0.717) is 13.0 Å². The van der Waals surface area contributed by atoms with Gasteiger partial charge in [0, 0.05) is 26.1 Å². The monoisotopic (exact) mass is 184 g/mol. The predicted octanol–water partition coefficient (Wildman–Crippen LogP) is 0.771. The minimum absolute atomic E-state index is 0.0289. The number of likely N-dealkylation sites (tertiary alicyclic amines) is 1. The van der Waals surface area contributed by atoms with Crippen LogP contribution in [0.5, 0.6) is 0 Å². The number of nitrogens with zero attached hydrogens (tertiary/aromatic N) is 1. The second kappa shape index (κ2) is 4.84. The summed E-state index contributed by atoms with van der Waals surface area (Å²) in [5.74, 6) is 0.113. The summed E-state index contributed by atoms with van der Waals surface area (Å²) in [5.41, 5.74) is 0. The fourth-order valence-electron chi connectivity index (χ4n) is 1.38. The number of carbonyl (C=O) groups is 2. The van der Waals surface area contributed by atoms with Crippen molar-refractivity contribution in [2.45, 2.75) is 26.2 Å². The second-order valence-corrected chi connectivity index (χ2v) is 3.38. The maximum Gasteiger partial charge on any atom is 0.317 e. The lowest BCUT2D eigenvalue weighted by Crippen LogP contribution is -2.38. The minimum atomic E-state index is -0.0289. The molecule has 0 bridgehead atoms. The van der Waals surface area contributed by atoms with E-state index < -0.39 is 0 Å². The van der Waals surface area contributed by atoms with Crippen LogP contribution >= 0.6 is 0 Å². The van der Waals surface area contributed by atoms with Crippen LogP contribution in [0.25, 0.3) is 0 Å². The molecule has 0 aromatic rings. The highest BCUT2D eigenvalue weighted by molar-refractivity contribution is 5.78. The van der Waals surface area contributed by atoms with Crippen molar-refractivity contribution < 1.29 is 9.59 Å². The fraction of sp³-hybridized carbons (Fsp3) is 0.778. The van der Waals surface area contributed by atoms with Gasteiger partial charge in [0.2, 0.25) is 0 Å². The SMILES string of the molecule is CC(=O)CCNC(=O)N1CCCC1. The largest absolute Gasteiger partial charge is 0.338 e. The van der Waals surface area contributed by atoms with Crippen LogP contribution in [0.2, 0.25) is 0 Å². The van der Waals surface area contributed by atoms with Crippen LogP contribution in [0, 0.1) is 0 Å². The maximum atomic E-state index is 11.3. The predicted molar refractivity (Wildman–Crippen MR) is 49.5 cm³/mol. The molecule has 1 fully saturated rings. The standard InChI is InChI=1S/C9H16N2O2/c1-8(12)4-5-10-9(13)11-6-2-3-7-11/h2-7H2,1H3,(H,10,13). The molecular weight excluding hydrogens is 168 g/mol. The van der Waals surface area contributed by atoms with E-state index in [1.54, 1.807) is 4.90 Å². The average Bonchev–Trinajstić information content (AvgIpc) is 2.55. The number of nitrogens with one attached hydrogen (secondary N) is 1. The van der Waals surface area contributed by atoms with Crippen molar-refractivity contribution >= 4 is 11.8 Å². The number of Topliss-reactive ketones (excluding diaryl/α,β-unsaturated/α-hetero) is 1. The summed E-state index contributed by atoms with van der Waals surface area (Å²) in [7, 11) is 0. The van der Waals surface area contributed by atoms with Gasteiger partial charge in [0.15, 0.2) is 0 Å². The molecule has 0 spiro atoms. The molecule has 1 rings (SSSR count). The van der Waals surface area contributed by atoms with Crippen LogP contribution in [0.4, 0.5) is 4.79 Å². The highest BCUT2D eigenvalue weighted by atomic mass is 16.2. The molecule has 0 unspecified atom stereocenters. The lowest BCUT2D eigenvalue weighted by molar-refractivity contribution is -0.116. The molecule has 1 aliphatic rings. The van der Waals surface area contributed by atoms with Gasteiger partial charge in [-0.3, -0.25) is 4.79 Å². The van der Waals surface area contributed by atoms with Gasteiger partial charge in [0.05, 0.1) is 0 Å². The molecule has 0 aliphatic carbocycles. The molecule has 0 radical (unpaired) electrons. The molecule has 1 saturated heterocycles. The summed E-state index contributed by atoms with van der Waals surface area (Å²) >= 11 is 0. The molecule has 4 nitrogen and oxygen atoms in total.